The molecule has 1 heterocycles. The van der Waals surface area contributed by atoms with Gasteiger partial charge in [0.05, 0.1) is 0 Å². The van der Waals surface area contributed by atoms with Gasteiger partial charge in [0.2, 0.25) is 0 Å². The highest BCUT2D eigenvalue weighted by molar-refractivity contribution is 7.07. The highest BCUT2D eigenvalue weighted by atomic mass is 32.1. The molecule has 0 fully saturated rings. The maximum Gasteiger partial charge on any atom is 0.104 e. The van der Waals surface area contributed by atoms with Crippen molar-refractivity contribution in [1.29, 1.82) is 0 Å². The molecule has 0 aliphatic carbocycles. The second kappa shape index (κ2) is 9.22. The number of aliphatic hydroxyl groups excluding tert-OH is 1. The number of thiophene rings is 1. The Morgan fingerprint density at radius 1 is 1.27 bits per heavy atom. The summed E-state index contributed by atoms with van der Waals surface area (Å²) in [5.41, 5.74) is 0. The van der Waals surface area contributed by atoms with Gasteiger partial charge < -0.3 is 5.11 Å². The fourth-order valence-electron chi connectivity index (χ4n) is 0.408. The van der Waals surface area contributed by atoms with E-state index in [2.05, 4.69) is 11.8 Å². The minimum absolute atomic E-state index is 0.00611. The van der Waals surface area contributed by atoms with Crippen LogP contribution in [0.15, 0.2) is 22.9 Å². The zero-order valence-corrected chi connectivity index (χ0v) is 7.40. The van der Waals surface area contributed by atoms with E-state index in [1.165, 1.54) is 0 Å². The van der Waals surface area contributed by atoms with Crippen molar-refractivity contribution in [2.45, 2.75) is 13.3 Å². The van der Waals surface area contributed by atoms with E-state index in [0.29, 0.717) is 0 Å². The predicted octanol–water partition coefficient (Wildman–Crippen LogP) is 2.14. The molecule has 11 heavy (non-hydrogen) atoms. The third-order valence-corrected chi connectivity index (χ3v) is 1.43. The van der Waals surface area contributed by atoms with E-state index in [9.17, 15) is 0 Å². The second-order valence-corrected chi connectivity index (χ2v) is 2.47. The lowest BCUT2D eigenvalue weighted by Crippen LogP contribution is -1.68. The van der Waals surface area contributed by atoms with Crippen LogP contribution < -0.4 is 0 Å². The van der Waals surface area contributed by atoms with Gasteiger partial charge in [-0.15, -0.1) is 5.92 Å². The smallest absolute Gasteiger partial charge is 0.104 e. The molecule has 2 heteroatoms. The molecule has 1 rings (SSSR count). The van der Waals surface area contributed by atoms with Crippen molar-refractivity contribution in [3.05, 3.63) is 22.9 Å². The molecule has 0 amide bonds. The van der Waals surface area contributed by atoms with Gasteiger partial charge in [-0.3, -0.25) is 0 Å². The van der Waals surface area contributed by atoms with Crippen molar-refractivity contribution in [3.8, 4) is 11.8 Å². The van der Waals surface area contributed by atoms with E-state index in [1.807, 2.05) is 29.8 Å². The molecular formula is C9H12OS. The summed E-state index contributed by atoms with van der Waals surface area (Å²) in [4.78, 5) is 0. The molecule has 0 saturated heterocycles. The summed E-state index contributed by atoms with van der Waals surface area (Å²) in [6, 6.07) is 4.04. The molecule has 0 spiro atoms. The summed E-state index contributed by atoms with van der Waals surface area (Å²) in [5.74, 6) is 5.20. The van der Waals surface area contributed by atoms with Crippen molar-refractivity contribution in [2.24, 2.45) is 0 Å². The first-order valence-electron chi connectivity index (χ1n) is 3.45. The average Bonchev–Trinajstić information content (AvgIpc) is 2.57. The first kappa shape index (κ1) is 10.2. The molecule has 0 bridgehead atoms. The van der Waals surface area contributed by atoms with Crippen LogP contribution in [-0.2, 0) is 0 Å². The summed E-state index contributed by atoms with van der Waals surface area (Å²) >= 11 is 1.71. The van der Waals surface area contributed by atoms with Gasteiger partial charge in [-0.1, -0.05) is 25.0 Å². The van der Waals surface area contributed by atoms with Gasteiger partial charge >= 0.3 is 0 Å². The topological polar surface area (TPSA) is 20.2 Å². The van der Waals surface area contributed by atoms with E-state index in [0.717, 1.165) is 6.42 Å². The number of hydrogen-bond acceptors (Lipinski definition) is 2. The van der Waals surface area contributed by atoms with Crippen LogP contribution in [0.3, 0.4) is 0 Å². The van der Waals surface area contributed by atoms with Crippen molar-refractivity contribution in [1.82, 2.24) is 0 Å². The summed E-state index contributed by atoms with van der Waals surface area (Å²) < 4.78 is 0. The minimum atomic E-state index is -0.00611. The Balaban J connectivity index is 0.000000183. The van der Waals surface area contributed by atoms with E-state index in [4.69, 9.17) is 5.11 Å². The van der Waals surface area contributed by atoms with Crippen LogP contribution in [0.4, 0.5) is 0 Å². The van der Waals surface area contributed by atoms with Gasteiger partial charge in [0, 0.05) is 6.42 Å². The Morgan fingerprint density at radius 3 is 2.09 bits per heavy atom. The third kappa shape index (κ3) is 9.22. The molecule has 60 valence electrons. The second-order valence-electron chi connectivity index (χ2n) is 1.66. The van der Waals surface area contributed by atoms with Crippen LogP contribution in [0.2, 0.25) is 0 Å². The molecule has 1 aromatic heterocycles. The van der Waals surface area contributed by atoms with Crippen molar-refractivity contribution >= 4 is 11.3 Å². The molecule has 1 N–H and O–H groups in total. The lowest BCUT2D eigenvalue weighted by atomic mass is 10.5. The van der Waals surface area contributed by atoms with Crippen LogP contribution in [0.25, 0.3) is 0 Å². The number of rotatable bonds is 0. The lowest BCUT2D eigenvalue weighted by Gasteiger charge is -1.66. The van der Waals surface area contributed by atoms with Gasteiger partial charge in [-0.05, 0) is 10.8 Å². The minimum Gasteiger partial charge on any atom is -0.384 e. The zero-order valence-electron chi connectivity index (χ0n) is 6.58. The monoisotopic (exact) mass is 168 g/mol. The molecular weight excluding hydrogens is 156 g/mol. The van der Waals surface area contributed by atoms with E-state index in [-0.39, 0.29) is 6.61 Å². The Kier molecular flexibility index (Phi) is 8.57. The van der Waals surface area contributed by atoms with Crippen LogP contribution in [0, 0.1) is 11.8 Å². The summed E-state index contributed by atoms with van der Waals surface area (Å²) in [6.45, 7) is 1.94. The summed E-state index contributed by atoms with van der Waals surface area (Å²) in [6.07, 6.45) is 0.834. The maximum atomic E-state index is 8.02. The molecule has 0 atom stereocenters. The van der Waals surface area contributed by atoms with Crippen LogP contribution in [0.1, 0.15) is 13.3 Å². The van der Waals surface area contributed by atoms with Gasteiger partial charge in [0.1, 0.15) is 6.61 Å². The average molecular weight is 168 g/mol. The predicted molar refractivity (Wildman–Crippen MR) is 49.5 cm³/mol. The number of hydrogen-bond donors (Lipinski definition) is 1. The first-order valence-corrected chi connectivity index (χ1v) is 4.39. The van der Waals surface area contributed by atoms with E-state index in [1.54, 1.807) is 11.3 Å². The van der Waals surface area contributed by atoms with Crippen molar-refractivity contribution in [2.75, 3.05) is 6.61 Å². The summed E-state index contributed by atoms with van der Waals surface area (Å²) in [7, 11) is 0. The molecule has 0 unspecified atom stereocenters. The van der Waals surface area contributed by atoms with Gasteiger partial charge in [0.25, 0.3) is 0 Å². The molecule has 0 aliphatic heterocycles. The van der Waals surface area contributed by atoms with Gasteiger partial charge in [-0.2, -0.15) is 11.3 Å². The normalized spacial score (nSPS) is 7.09. The molecule has 1 nitrogen and oxygen atoms in total. The van der Waals surface area contributed by atoms with Gasteiger partial charge in [-0.25, -0.2) is 0 Å². The highest BCUT2D eigenvalue weighted by Gasteiger charge is 1.58. The van der Waals surface area contributed by atoms with Crippen molar-refractivity contribution in [3.63, 3.8) is 0 Å². The zero-order chi connectivity index (χ0) is 8.36. The lowest BCUT2D eigenvalue weighted by molar-refractivity contribution is 0.350. The SMILES string of the molecule is CCC#CCO.c1ccsc1. The molecule has 0 saturated carbocycles. The molecule has 0 aromatic carbocycles. The quantitative estimate of drug-likeness (QED) is 0.588. The third-order valence-electron chi connectivity index (χ3n) is 0.806. The maximum absolute atomic E-state index is 8.02. The largest absolute Gasteiger partial charge is 0.384 e. The molecule has 0 radical (unpaired) electrons. The molecule has 0 aliphatic rings. The Morgan fingerprint density at radius 2 is 1.91 bits per heavy atom. The Bertz CT molecular complexity index is 168. The first-order chi connectivity index (χ1) is 5.41. The summed E-state index contributed by atoms with van der Waals surface area (Å²) in [5, 5.41) is 12.1. The standard InChI is InChI=1S/C5H8O.C4H4S/c1-2-3-4-5-6;1-2-4-5-3-1/h6H,2,5H2,1H3;1-4H. The van der Waals surface area contributed by atoms with Crippen LogP contribution >= 0.6 is 11.3 Å². The van der Waals surface area contributed by atoms with Crippen molar-refractivity contribution < 1.29 is 5.11 Å². The van der Waals surface area contributed by atoms with Crippen LogP contribution in [0.5, 0.6) is 0 Å². The highest BCUT2D eigenvalue weighted by Crippen LogP contribution is 1.91. The van der Waals surface area contributed by atoms with Gasteiger partial charge in [0.15, 0.2) is 0 Å². The Labute approximate surface area is 71.7 Å². The van der Waals surface area contributed by atoms with E-state index < -0.39 is 0 Å². The van der Waals surface area contributed by atoms with E-state index >= 15 is 0 Å². The Hall–Kier alpha value is -0.780. The van der Waals surface area contributed by atoms with Crippen LogP contribution in [-0.4, -0.2) is 11.7 Å². The number of aliphatic hydroxyl groups is 1. The fourth-order valence-corrected chi connectivity index (χ4v) is 0.861. The molecule has 1 aromatic rings. The fraction of sp³-hybridized carbons (Fsp3) is 0.333.